The largest absolute Gasteiger partial charge is 0.340 e. The number of piperidine rings is 1. The van der Waals surface area contributed by atoms with E-state index in [2.05, 4.69) is 27.1 Å². The van der Waals surface area contributed by atoms with Gasteiger partial charge < -0.3 is 15.1 Å². The van der Waals surface area contributed by atoms with E-state index in [4.69, 9.17) is 0 Å². The first-order valence-electron chi connectivity index (χ1n) is 8.66. The van der Waals surface area contributed by atoms with Crippen molar-refractivity contribution in [3.05, 3.63) is 0 Å². The number of rotatable bonds is 5. The quantitative estimate of drug-likeness (QED) is 0.795. The number of hydrogen-bond donors (Lipinski definition) is 1. The summed E-state index contributed by atoms with van der Waals surface area (Å²) in [6.07, 6.45) is 5.84. The number of nitrogens with zero attached hydrogens (tertiary/aromatic N) is 3. The molecule has 1 amide bonds. The molecular formula is C16H30N4O. The van der Waals surface area contributed by atoms with Gasteiger partial charge in [-0.1, -0.05) is 0 Å². The lowest BCUT2D eigenvalue weighted by atomic mass is 10.0. The molecule has 2 saturated heterocycles. The van der Waals surface area contributed by atoms with Gasteiger partial charge in [0.25, 0.3) is 0 Å². The molecule has 0 aromatic heterocycles. The fourth-order valence-corrected chi connectivity index (χ4v) is 3.53. The van der Waals surface area contributed by atoms with Crippen LogP contribution < -0.4 is 5.32 Å². The summed E-state index contributed by atoms with van der Waals surface area (Å²) >= 11 is 0. The van der Waals surface area contributed by atoms with Crippen LogP contribution in [-0.4, -0.2) is 85.6 Å². The SMILES string of the molecule is CN1CCC(N2CCN(C(=O)CCNC3CC3)CC2)CC1. The van der Waals surface area contributed by atoms with E-state index >= 15 is 0 Å². The lowest BCUT2D eigenvalue weighted by molar-refractivity contribution is -0.133. The Morgan fingerprint density at radius 1 is 1.00 bits per heavy atom. The number of hydrogen-bond acceptors (Lipinski definition) is 4. The molecule has 2 heterocycles. The van der Waals surface area contributed by atoms with Crippen LogP contribution in [0, 0.1) is 0 Å². The summed E-state index contributed by atoms with van der Waals surface area (Å²) in [4.78, 5) is 19.3. The molecule has 0 aromatic carbocycles. The van der Waals surface area contributed by atoms with Crippen LogP contribution in [0.1, 0.15) is 32.1 Å². The molecule has 0 spiro atoms. The summed E-state index contributed by atoms with van der Waals surface area (Å²) in [6, 6.07) is 1.45. The first-order chi connectivity index (χ1) is 10.2. The molecule has 0 bridgehead atoms. The van der Waals surface area contributed by atoms with Gasteiger partial charge >= 0.3 is 0 Å². The molecule has 0 radical (unpaired) electrons. The molecule has 0 unspecified atom stereocenters. The minimum absolute atomic E-state index is 0.339. The van der Waals surface area contributed by atoms with Gasteiger partial charge in [-0.15, -0.1) is 0 Å². The molecule has 1 aliphatic carbocycles. The van der Waals surface area contributed by atoms with Gasteiger partial charge in [-0.25, -0.2) is 0 Å². The Morgan fingerprint density at radius 3 is 2.29 bits per heavy atom. The normalized spacial score (nSPS) is 26.2. The zero-order chi connectivity index (χ0) is 14.7. The molecule has 0 atom stereocenters. The lowest BCUT2D eigenvalue weighted by Crippen LogP contribution is -2.54. The molecule has 2 aliphatic heterocycles. The van der Waals surface area contributed by atoms with Crippen molar-refractivity contribution in [3.63, 3.8) is 0 Å². The molecule has 5 heteroatoms. The average molecular weight is 294 g/mol. The number of likely N-dealkylation sites (tertiary alicyclic amines) is 1. The number of carbonyl (C=O) groups excluding carboxylic acids is 1. The Morgan fingerprint density at radius 2 is 1.67 bits per heavy atom. The van der Waals surface area contributed by atoms with Crippen molar-refractivity contribution < 1.29 is 4.79 Å². The highest BCUT2D eigenvalue weighted by molar-refractivity contribution is 5.76. The zero-order valence-corrected chi connectivity index (χ0v) is 13.4. The molecule has 3 aliphatic rings. The highest BCUT2D eigenvalue weighted by Crippen LogP contribution is 2.19. The summed E-state index contributed by atoms with van der Waals surface area (Å²) in [7, 11) is 2.21. The van der Waals surface area contributed by atoms with Crippen LogP contribution in [0.2, 0.25) is 0 Å². The molecule has 1 saturated carbocycles. The third-order valence-electron chi connectivity index (χ3n) is 5.22. The highest BCUT2D eigenvalue weighted by Gasteiger charge is 2.28. The standard InChI is InChI=1S/C16H30N4O/c1-18-8-5-15(6-9-18)19-10-12-20(13-11-19)16(21)4-7-17-14-2-3-14/h14-15,17H,2-13H2,1H3. The van der Waals surface area contributed by atoms with Gasteiger partial charge in [0.2, 0.25) is 5.91 Å². The van der Waals surface area contributed by atoms with E-state index in [9.17, 15) is 4.79 Å². The van der Waals surface area contributed by atoms with Crippen LogP contribution in [0.4, 0.5) is 0 Å². The molecule has 1 N–H and O–H groups in total. The smallest absolute Gasteiger partial charge is 0.223 e. The lowest BCUT2D eigenvalue weighted by Gasteiger charge is -2.42. The fraction of sp³-hybridized carbons (Fsp3) is 0.938. The maximum Gasteiger partial charge on any atom is 0.223 e. The van der Waals surface area contributed by atoms with E-state index in [1.165, 1.54) is 38.8 Å². The second-order valence-corrected chi connectivity index (χ2v) is 6.93. The van der Waals surface area contributed by atoms with Crippen LogP contribution in [0.25, 0.3) is 0 Å². The van der Waals surface area contributed by atoms with Crippen LogP contribution in [0.3, 0.4) is 0 Å². The maximum atomic E-state index is 12.2. The van der Waals surface area contributed by atoms with Gasteiger partial charge in [-0.05, 0) is 45.8 Å². The molecule has 21 heavy (non-hydrogen) atoms. The fourth-order valence-electron chi connectivity index (χ4n) is 3.53. The third kappa shape index (κ3) is 4.41. The molecule has 120 valence electrons. The van der Waals surface area contributed by atoms with E-state index in [1.807, 2.05) is 0 Å². The van der Waals surface area contributed by atoms with E-state index in [1.54, 1.807) is 0 Å². The molecule has 5 nitrogen and oxygen atoms in total. The zero-order valence-electron chi connectivity index (χ0n) is 13.4. The van der Waals surface area contributed by atoms with Crippen molar-refractivity contribution in [3.8, 4) is 0 Å². The van der Waals surface area contributed by atoms with Gasteiger partial charge in [0, 0.05) is 51.2 Å². The molecule has 0 aromatic rings. The number of amides is 1. The second kappa shape index (κ2) is 7.07. The molecule has 3 rings (SSSR count). The Bertz CT molecular complexity index is 342. The van der Waals surface area contributed by atoms with Crippen molar-refractivity contribution in [2.24, 2.45) is 0 Å². The molecular weight excluding hydrogens is 264 g/mol. The van der Waals surface area contributed by atoms with Gasteiger partial charge in [-0.2, -0.15) is 0 Å². The monoisotopic (exact) mass is 294 g/mol. The second-order valence-electron chi connectivity index (χ2n) is 6.93. The summed E-state index contributed by atoms with van der Waals surface area (Å²) in [6.45, 7) is 7.28. The predicted octanol–water partition coefficient (Wildman–Crippen LogP) is 0.367. The number of nitrogens with one attached hydrogen (secondary N) is 1. The Hall–Kier alpha value is -0.650. The Kier molecular flexibility index (Phi) is 5.14. The van der Waals surface area contributed by atoms with Crippen molar-refractivity contribution in [1.29, 1.82) is 0 Å². The van der Waals surface area contributed by atoms with E-state index in [-0.39, 0.29) is 0 Å². The van der Waals surface area contributed by atoms with Gasteiger partial charge in [0.05, 0.1) is 0 Å². The van der Waals surface area contributed by atoms with Crippen molar-refractivity contribution in [2.45, 2.75) is 44.2 Å². The topological polar surface area (TPSA) is 38.8 Å². The highest BCUT2D eigenvalue weighted by atomic mass is 16.2. The number of carbonyl (C=O) groups is 1. The van der Waals surface area contributed by atoms with Crippen LogP contribution in [-0.2, 0) is 4.79 Å². The van der Waals surface area contributed by atoms with Crippen LogP contribution in [0.15, 0.2) is 0 Å². The van der Waals surface area contributed by atoms with Crippen LogP contribution >= 0.6 is 0 Å². The van der Waals surface area contributed by atoms with Gasteiger partial charge in [-0.3, -0.25) is 9.69 Å². The van der Waals surface area contributed by atoms with Gasteiger partial charge in [0.15, 0.2) is 0 Å². The summed E-state index contributed by atoms with van der Waals surface area (Å²) in [5.41, 5.74) is 0. The van der Waals surface area contributed by atoms with E-state index in [0.717, 1.165) is 38.8 Å². The van der Waals surface area contributed by atoms with Crippen molar-refractivity contribution >= 4 is 5.91 Å². The minimum Gasteiger partial charge on any atom is -0.340 e. The van der Waals surface area contributed by atoms with Gasteiger partial charge in [0.1, 0.15) is 0 Å². The Labute approximate surface area is 128 Å². The summed E-state index contributed by atoms with van der Waals surface area (Å²) in [5, 5.41) is 3.43. The third-order valence-corrected chi connectivity index (χ3v) is 5.22. The predicted molar refractivity (Wildman–Crippen MR) is 84.3 cm³/mol. The van der Waals surface area contributed by atoms with Crippen LogP contribution in [0.5, 0.6) is 0 Å². The summed E-state index contributed by atoms with van der Waals surface area (Å²) < 4.78 is 0. The average Bonchev–Trinajstić information content (AvgIpc) is 3.32. The first kappa shape index (κ1) is 15.3. The summed E-state index contributed by atoms with van der Waals surface area (Å²) in [5.74, 6) is 0.339. The number of piperazine rings is 1. The first-order valence-corrected chi connectivity index (χ1v) is 8.66. The van der Waals surface area contributed by atoms with Crippen molar-refractivity contribution in [2.75, 3.05) is 52.9 Å². The maximum absolute atomic E-state index is 12.2. The van der Waals surface area contributed by atoms with E-state index in [0.29, 0.717) is 18.4 Å². The van der Waals surface area contributed by atoms with E-state index < -0.39 is 0 Å². The van der Waals surface area contributed by atoms with Crippen molar-refractivity contribution in [1.82, 2.24) is 20.0 Å². The Balaban J connectivity index is 1.34. The minimum atomic E-state index is 0.339. The molecule has 3 fully saturated rings.